The molecule has 0 saturated heterocycles. The summed E-state index contributed by atoms with van der Waals surface area (Å²) in [5.74, 6) is 0. The molecule has 0 spiro atoms. The molecule has 0 aliphatic heterocycles. The van der Waals surface area contributed by atoms with Crippen molar-refractivity contribution in [3.63, 3.8) is 0 Å². The fourth-order valence-electron chi connectivity index (χ4n) is 2.48. The van der Waals surface area contributed by atoms with Gasteiger partial charge in [-0.3, -0.25) is 0 Å². The molecule has 0 atom stereocenters. The number of rotatable bonds is 1. The van der Waals surface area contributed by atoms with Crippen LogP contribution in [0.25, 0.3) is 5.69 Å². The number of fused-ring (bicyclic) bond motifs is 1. The van der Waals surface area contributed by atoms with E-state index < -0.39 is 0 Å². The molecular formula is C14H13N3. The highest BCUT2D eigenvalue weighted by Crippen LogP contribution is 2.27. The smallest absolute Gasteiger partial charge is 0.147 e. The number of aryl methyl sites for hydroxylation is 2. The molecule has 17 heavy (non-hydrogen) atoms. The molecular weight excluding hydrogens is 210 g/mol. The van der Waals surface area contributed by atoms with Crippen molar-refractivity contribution >= 4 is 0 Å². The average Bonchev–Trinajstić information content (AvgIpc) is 2.89. The van der Waals surface area contributed by atoms with E-state index in [0.29, 0.717) is 5.69 Å². The van der Waals surface area contributed by atoms with Gasteiger partial charge in [0.05, 0.1) is 11.4 Å². The molecule has 1 aromatic heterocycles. The van der Waals surface area contributed by atoms with Gasteiger partial charge in [0.15, 0.2) is 0 Å². The van der Waals surface area contributed by atoms with Crippen LogP contribution in [-0.2, 0) is 12.8 Å². The van der Waals surface area contributed by atoms with E-state index in [1.807, 2.05) is 31.2 Å². The van der Waals surface area contributed by atoms with E-state index in [4.69, 9.17) is 0 Å². The van der Waals surface area contributed by atoms with Crippen LogP contribution in [0.5, 0.6) is 0 Å². The van der Waals surface area contributed by atoms with Gasteiger partial charge in [-0.05, 0) is 37.8 Å². The minimum Gasteiger partial charge on any atom is -0.222 e. The molecule has 0 N–H and O–H groups in total. The van der Waals surface area contributed by atoms with E-state index in [1.165, 1.54) is 0 Å². The Balaban J connectivity index is 2.23. The zero-order chi connectivity index (χ0) is 11.8. The largest absolute Gasteiger partial charge is 0.222 e. The lowest BCUT2D eigenvalue weighted by atomic mass is 10.2. The van der Waals surface area contributed by atoms with Crippen molar-refractivity contribution in [3.8, 4) is 11.8 Å². The van der Waals surface area contributed by atoms with Crippen LogP contribution < -0.4 is 0 Å². The molecule has 1 aliphatic carbocycles. The molecule has 1 heterocycles. The second kappa shape index (κ2) is 3.74. The summed E-state index contributed by atoms with van der Waals surface area (Å²) in [4.78, 5) is 0. The van der Waals surface area contributed by atoms with E-state index in [0.717, 1.165) is 41.8 Å². The molecule has 2 aromatic rings. The molecule has 1 aromatic carbocycles. The Morgan fingerprint density at radius 1 is 1.29 bits per heavy atom. The zero-order valence-electron chi connectivity index (χ0n) is 9.77. The first kappa shape index (κ1) is 10.1. The Bertz CT molecular complexity index is 617. The lowest BCUT2D eigenvalue weighted by Gasteiger charge is -2.07. The third-order valence-corrected chi connectivity index (χ3v) is 3.36. The summed E-state index contributed by atoms with van der Waals surface area (Å²) in [5.41, 5.74) is 5.12. The van der Waals surface area contributed by atoms with Crippen LogP contribution in [0.1, 0.15) is 28.9 Å². The van der Waals surface area contributed by atoms with E-state index >= 15 is 0 Å². The van der Waals surface area contributed by atoms with E-state index in [-0.39, 0.29) is 0 Å². The van der Waals surface area contributed by atoms with Crippen molar-refractivity contribution in [3.05, 3.63) is 46.8 Å². The Labute approximate surface area is 100 Å². The van der Waals surface area contributed by atoms with Crippen molar-refractivity contribution in [1.29, 1.82) is 5.26 Å². The summed E-state index contributed by atoms with van der Waals surface area (Å²) in [6.07, 6.45) is 3.12. The predicted molar refractivity (Wildman–Crippen MR) is 65.0 cm³/mol. The molecule has 0 unspecified atom stereocenters. The number of para-hydroxylation sites is 1. The zero-order valence-corrected chi connectivity index (χ0v) is 9.77. The quantitative estimate of drug-likeness (QED) is 0.745. The van der Waals surface area contributed by atoms with Crippen molar-refractivity contribution < 1.29 is 0 Å². The topological polar surface area (TPSA) is 41.6 Å². The maximum atomic E-state index is 9.31. The molecule has 3 nitrogen and oxygen atoms in total. The Morgan fingerprint density at radius 3 is 2.88 bits per heavy atom. The van der Waals surface area contributed by atoms with Crippen LogP contribution in [0, 0.1) is 18.3 Å². The van der Waals surface area contributed by atoms with Crippen LogP contribution in [0.15, 0.2) is 24.3 Å². The summed E-state index contributed by atoms with van der Waals surface area (Å²) < 4.78 is 1.80. The van der Waals surface area contributed by atoms with Gasteiger partial charge in [0.1, 0.15) is 11.8 Å². The maximum absolute atomic E-state index is 9.31. The molecule has 0 radical (unpaired) electrons. The third kappa shape index (κ3) is 1.45. The normalized spacial score (nSPS) is 13.4. The highest BCUT2D eigenvalue weighted by atomic mass is 15.3. The first-order valence-electron chi connectivity index (χ1n) is 5.88. The summed E-state index contributed by atoms with van der Waals surface area (Å²) >= 11 is 0. The molecule has 1 aliphatic rings. The second-order valence-corrected chi connectivity index (χ2v) is 4.44. The number of aromatic nitrogens is 2. The SMILES string of the molecule is Cc1ccccc1-n1nc2c(c1C#N)CCC2. The minimum atomic E-state index is 0.715. The van der Waals surface area contributed by atoms with Crippen molar-refractivity contribution in [2.24, 2.45) is 0 Å². The minimum absolute atomic E-state index is 0.715. The first-order chi connectivity index (χ1) is 8.31. The summed E-state index contributed by atoms with van der Waals surface area (Å²) in [5, 5.41) is 13.9. The van der Waals surface area contributed by atoms with Gasteiger partial charge in [-0.25, -0.2) is 4.68 Å². The van der Waals surface area contributed by atoms with Gasteiger partial charge in [0.2, 0.25) is 0 Å². The van der Waals surface area contributed by atoms with Gasteiger partial charge in [-0.2, -0.15) is 10.4 Å². The van der Waals surface area contributed by atoms with Gasteiger partial charge in [-0.1, -0.05) is 18.2 Å². The van der Waals surface area contributed by atoms with Crippen molar-refractivity contribution in [2.75, 3.05) is 0 Å². The lowest BCUT2D eigenvalue weighted by molar-refractivity contribution is 0.788. The van der Waals surface area contributed by atoms with Crippen LogP contribution in [0.3, 0.4) is 0 Å². The molecule has 84 valence electrons. The van der Waals surface area contributed by atoms with Crippen LogP contribution in [0.4, 0.5) is 0 Å². The van der Waals surface area contributed by atoms with Crippen LogP contribution >= 0.6 is 0 Å². The lowest BCUT2D eigenvalue weighted by Crippen LogP contribution is -2.03. The van der Waals surface area contributed by atoms with Crippen LogP contribution in [-0.4, -0.2) is 9.78 Å². The maximum Gasteiger partial charge on any atom is 0.147 e. The third-order valence-electron chi connectivity index (χ3n) is 3.36. The number of nitriles is 1. The van der Waals surface area contributed by atoms with Crippen molar-refractivity contribution in [1.82, 2.24) is 9.78 Å². The molecule has 0 fully saturated rings. The van der Waals surface area contributed by atoms with Gasteiger partial charge in [0, 0.05) is 5.56 Å². The first-order valence-corrected chi connectivity index (χ1v) is 5.88. The van der Waals surface area contributed by atoms with Gasteiger partial charge in [0.25, 0.3) is 0 Å². The monoisotopic (exact) mass is 223 g/mol. The highest BCUT2D eigenvalue weighted by Gasteiger charge is 2.22. The summed E-state index contributed by atoms with van der Waals surface area (Å²) in [6, 6.07) is 10.3. The molecule has 0 bridgehead atoms. The van der Waals surface area contributed by atoms with Gasteiger partial charge >= 0.3 is 0 Å². The number of hydrogen-bond acceptors (Lipinski definition) is 2. The van der Waals surface area contributed by atoms with Crippen LogP contribution in [0.2, 0.25) is 0 Å². The summed E-state index contributed by atoms with van der Waals surface area (Å²) in [6.45, 7) is 2.04. The second-order valence-electron chi connectivity index (χ2n) is 4.44. The summed E-state index contributed by atoms with van der Waals surface area (Å²) in [7, 11) is 0. The van der Waals surface area contributed by atoms with E-state index in [2.05, 4.69) is 11.2 Å². The fraction of sp³-hybridized carbons (Fsp3) is 0.286. The van der Waals surface area contributed by atoms with Gasteiger partial charge in [-0.15, -0.1) is 0 Å². The Kier molecular flexibility index (Phi) is 2.22. The Hall–Kier alpha value is -2.08. The number of hydrogen-bond donors (Lipinski definition) is 0. The average molecular weight is 223 g/mol. The number of nitrogens with zero attached hydrogens (tertiary/aromatic N) is 3. The molecule has 3 rings (SSSR count). The number of benzene rings is 1. The Morgan fingerprint density at radius 2 is 2.12 bits per heavy atom. The molecule has 3 heteroatoms. The fourth-order valence-corrected chi connectivity index (χ4v) is 2.48. The molecule has 0 saturated carbocycles. The van der Waals surface area contributed by atoms with Crippen molar-refractivity contribution in [2.45, 2.75) is 26.2 Å². The van der Waals surface area contributed by atoms with E-state index in [9.17, 15) is 5.26 Å². The van der Waals surface area contributed by atoms with Gasteiger partial charge < -0.3 is 0 Å². The molecule has 0 amide bonds. The standard InChI is InChI=1S/C14H13N3/c1-10-5-2-3-8-13(10)17-14(9-15)11-6-4-7-12(11)16-17/h2-3,5,8H,4,6-7H2,1H3. The predicted octanol–water partition coefficient (Wildman–Crippen LogP) is 2.54. The van der Waals surface area contributed by atoms with E-state index in [1.54, 1.807) is 4.68 Å². The highest BCUT2D eigenvalue weighted by molar-refractivity contribution is 5.48.